The second-order valence-corrected chi connectivity index (χ2v) is 9.93. The molecule has 1 aliphatic heterocycles. The van der Waals surface area contributed by atoms with Crippen LogP contribution in [-0.4, -0.2) is 56.7 Å². The Morgan fingerprint density at radius 1 is 1.05 bits per heavy atom. The second kappa shape index (κ2) is 10.5. The van der Waals surface area contributed by atoms with Crippen LogP contribution >= 0.6 is 11.6 Å². The Kier molecular flexibility index (Phi) is 7.11. The van der Waals surface area contributed by atoms with Crippen molar-refractivity contribution >= 4 is 34.4 Å². The van der Waals surface area contributed by atoms with Gasteiger partial charge in [-0.05, 0) is 49.7 Å². The third-order valence-electron chi connectivity index (χ3n) is 6.90. The number of benzene rings is 2. The van der Waals surface area contributed by atoms with Crippen LogP contribution < -0.4 is 4.90 Å². The van der Waals surface area contributed by atoms with Gasteiger partial charge in [0.2, 0.25) is 0 Å². The van der Waals surface area contributed by atoms with E-state index in [1.165, 1.54) is 12.1 Å². The normalized spacial score (nSPS) is 14.8. The number of hydrogen-bond acceptors (Lipinski definition) is 5. The summed E-state index contributed by atoms with van der Waals surface area (Å²) in [5, 5.41) is 6.11. The van der Waals surface area contributed by atoms with Gasteiger partial charge in [-0.3, -0.25) is 4.79 Å². The number of fused-ring (bicyclic) bond motifs is 1. The van der Waals surface area contributed by atoms with Crippen molar-refractivity contribution in [1.82, 2.24) is 24.6 Å². The number of amides is 1. The molecule has 0 spiro atoms. The third-order valence-corrected chi connectivity index (χ3v) is 7.23. The maximum Gasteiger partial charge on any atom is 0.255 e. The lowest BCUT2D eigenvalue weighted by Gasteiger charge is -2.36. The van der Waals surface area contributed by atoms with E-state index in [4.69, 9.17) is 26.7 Å². The van der Waals surface area contributed by atoms with Crippen LogP contribution in [0.15, 0.2) is 48.5 Å². The monoisotopic (exact) mass is 520 g/mol. The number of aryl methyl sites for hydroxylation is 1. The largest absolute Gasteiger partial charge is 0.352 e. The van der Waals surface area contributed by atoms with Crippen LogP contribution in [0.2, 0.25) is 5.02 Å². The van der Waals surface area contributed by atoms with E-state index in [1.807, 2.05) is 24.0 Å². The van der Waals surface area contributed by atoms with E-state index in [2.05, 4.69) is 18.7 Å². The zero-order valence-electron chi connectivity index (χ0n) is 21.3. The van der Waals surface area contributed by atoms with Crippen molar-refractivity contribution in [3.63, 3.8) is 0 Å². The summed E-state index contributed by atoms with van der Waals surface area (Å²) in [6.07, 6.45) is 1.99. The Bertz CT molecular complexity index is 1430. The van der Waals surface area contributed by atoms with Crippen LogP contribution in [0, 0.1) is 12.7 Å². The average molecular weight is 521 g/mol. The average Bonchev–Trinajstić information content (AvgIpc) is 3.25. The van der Waals surface area contributed by atoms with Crippen LogP contribution in [0.1, 0.15) is 54.5 Å². The van der Waals surface area contributed by atoms with Crippen LogP contribution in [-0.2, 0) is 0 Å². The van der Waals surface area contributed by atoms with Crippen molar-refractivity contribution in [3.8, 4) is 5.69 Å². The smallest absolute Gasteiger partial charge is 0.255 e. The maximum atomic E-state index is 13.6. The number of piperazine rings is 1. The van der Waals surface area contributed by atoms with Gasteiger partial charge in [-0.25, -0.2) is 19.0 Å². The zero-order chi connectivity index (χ0) is 26.1. The molecule has 0 bridgehead atoms. The number of carbonyl (C=O) groups is 1. The maximum absolute atomic E-state index is 13.6. The molecule has 0 unspecified atom stereocenters. The Balaban J connectivity index is 1.51. The van der Waals surface area contributed by atoms with Gasteiger partial charge in [-0.1, -0.05) is 44.0 Å². The van der Waals surface area contributed by atoms with Gasteiger partial charge >= 0.3 is 0 Å². The summed E-state index contributed by atoms with van der Waals surface area (Å²) < 4.78 is 15.4. The topological polar surface area (TPSA) is 67.2 Å². The molecule has 2 aromatic heterocycles. The third kappa shape index (κ3) is 4.90. The summed E-state index contributed by atoms with van der Waals surface area (Å²) in [5.41, 5.74) is 2.78. The van der Waals surface area contributed by atoms with Crippen molar-refractivity contribution in [2.75, 3.05) is 31.1 Å². The van der Waals surface area contributed by atoms with Crippen molar-refractivity contribution in [2.24, 2.45) is 0 Å². The highest BCUT2D eigenvalue weighted by Gasteiger charge is 2.28. The summed E-state index contributed by atoms with van der Waals surface area (Å²) in [7, 11) is 0. The minimum Gasteiger partial charge on any atom is -0.352 e. The molecule has 2 aromatic carbocycles. The molecule has 0 aliphatic carbocycles. The molecular formula is C28H30ClFN6O. The molecule has 5 rings (SSSR count). The molecule has 1 fully saturated rings. The molecule has 0 saturated carbocycles. The molecule has 1 amide bonds. The molecule has 1 saturated heterocycles. The lowest BCUT2D eigenvalue weighted by Crippen LogP contribution is -2.49. The van der Waals surface area contributed by atoms with Crippen LogP contribution in [0.5, 0.6) is 0 Å². The first-order chi connectivity index (χ1) is 17.9. The number of nitrogens with zero attached hydrogens (tertiary/aromatic N) is 6. The predicted octanol–water partition coefficient (Wildman–Crippen LogP) is 5.78. The summed E-state index contributed by atoms with van der Waals surface area (Å²) in [4.78, 5) is 27.1. The van der Waals surface area contributed by atoms with Crippen molar-refractivity contribution in [1.29, 1.82) is 0 Å². The van der Waals surface area contributed by atoms with Gasteiger partial charge in [-0.15, -0.1) is 0 Å². The SMILES string of the molecule is CCC[C@H](C)c1nc(N2CCN(C(=O)c3ccccc3Cl)CC2)c2c(C)nn(-c3ccc(F)cc3)c2n1. The van der Waals surface area contributed by atoms with Crippen molar-refractivity contribution in [3.05, 3.63) is 76.5 Å². The molecule has 37 heavy (non-hydrogen) atoms. The molecule has 7 nitrogen and oxygen atoms in total. The van der Waals surface area contributed by atoms with Gasteiger partial charge < -0.3 is 9.80 Å². The Labute approximate surface area is 220 Å². The highest BCUT2D eigenvalue weighted by molar-refractivity contribution is 6.33. The summed E-state index contributed by atoms with van der Waals surface area (Å²) in [6, 6.07) is 13.4. The second-order valence-electron chi connectivity index (χ2n) is 9.53. The fourth-order valence-corrected chi connectivity index (χ4v) is 5.09. The van der Waals surface area contributed by atoms with E-state index in [1.54, 1.807) is 28.9 Å². The molecular weight excluding hydrogens is 491 g/mol. The van der Waals surface area contributed by atoms with Gasteiger partial charge in [0.05, 0.1) is 27.4 Å². The molecule has 0 radical (unpaired) electrons. The number of halogens is 2. The highest BCUT2D eigenvalue weighted by Crippen LogP contribution is 2.32. The number of aromatic nitrogens is 4. The van der Waals surface area contributed by atoms with Gasteiger partial charge in [-0.2, -0.15) is 5.10 Å². The van der Waals surface area contributed by atoms with Gasteiger partial charge in [0.25, 0.3) is 5.91 Å². The highest BCUT2D eigenvalue weighted by atomic mass is 35.5. The first kappa shape index (κ1) is 25.1. The fraction of sp³-hybridized carbons (Fsp3) is 0.357. The zero-order valence-corrected chi connectivity index (χ0v) is 22.0. The number of rotatable bonds is 6. The predicted molar refractivity (Wildman–Crippen MR) is 144 cm³/mol. The van der Waals surface area contributed by atoms with E-state index in [9.17, 15) is 9.18 Å². The van der Waals surface area contributed by atoms with Crippen LogP contribution in [0.4, 0.5) is 10.2 Å². The fourth-order valence-electron chi connectivity index (χ4n) is 4.88. The quantitative estimate of drug-likeness (QED) is 0.322. The Morgan fingerprint density at radius 2 is 1.76 bits per heavy atom. The molecule has 1 aliphatic rings. The molecule has 9 heteroatoms. The van der Waals surface area contributed by atoms with E-state index in [-0.39, 0.29) is 17.6 Å². The number of hydrogen-bond donors (Lipinski definition) is 0. The van der Waals surface area contributed by atoms with E-state index < -0.39 is 0 Å². The first-order valence-corrected chi connectivity index (χ1v) is 13.1. The van der Waals surface area contributed by atoms with E-state index in [0.29, 0.717) is 42.4 Å². The molecule has 3 heterocycles. The van der Waals surface area contributed by atoms with Gasteiger partial charge in [0.1, 0.15) is 17.5 Å². The van der Waals surface area contributed by atoms with Crippen molar-refractivity contribution in [2.45, 2.75) is 39.5 Å². The standard InChI is InChI=1S/C28H30ClFN6O/c1-4-7-18(2)25-31-26(24-19(3)33-36(27(24)32-25)21-12-10-20(30)11-13-21)34-14-16-35(17-15-34)28(37)22-8-5-6-9-23(22)29/h5-6,8-13,18H,4,7,14-17H2,1-3H3/t18-/m0/s1. The van der Waals surface area contributed by atoms with Gasteiger partial charge in [0, 0.05) is 32.1 Å². The lowest BCUT2D eigenvalue weighted by atomic mass is 10.1. The Morgan fingerprint density at radius 3 is 2.43 bits per heavy atom. The van der Waals surface area contributed by atoms with Crippen LogP contribution in [0.3, 0.4) is 0 Å². The molecule has 1 atom stereocenters. The summed E-state index contributed by atoms with van der Waals surface area (Å²) in [5.74, 6) is 1.42. The lowest BCUT2D eigenvalue weighted by molar-refractivity contribution is 0.0746. The number of carbonyl (C=O) groups excluding carboxylic acids is 1. The molecule has 192 valence electrons. The molecule has 4 aromatic rings. The van der Waals surface area contributed by atoms with Crippen LogP contribution in [0.25, 0.3) is 16.7 Å². The molecule has 0 N–H and O–H groups in total. The first-order valence-electron chi connectivity index (χ1n) is 12.7. The summed E-state index contributed by atoms with van der Waals surface area (Å²) in [6.45, 7) is 8.61. The minimum atomic E-state index is -0.297. The van der Waals surface area contributed by atoms with E-state index in [0.717, 1.165) is 41.3 Å². The Hall–Kier alpha value is -3.52. The minimum absolute atomic E-state index is 0.0596. The number of anilines is 1. The van der Waals surface area contributed by atoms with Gasteiger partial charge in [0.15, 0.2) is 5.65 Å². The summed E-state index contributed by atoms with van der Waals surface area (Å²) >= 11 is 6.27. The van der Waals surface area contributed by atoms with Crippen molar-refractivity contribution < 1.29 is 9.18 Å². The van der Waals surface area contributed by atoms with E-state index >= 15 is 0 Å².